The third-order valence-electron chi connectivity index (χ3n) is 7.07. The van der Waals surface area contributed by atoms with Crippen LogP contribution in [0.1, 0.15) is 82.3 Å². The van der Waals surface area contributed by atoms with E-state index in [0.717, 1.165) is 36.6 Å². The Morgan fingerprint density at radius 2 is 1.85 bits per heavy atom. The van der Waals surface area contributed by atoms with Gasteiger partial charge in [-0.1, -0.05) is 19.9 Å². The molecule has 0 fully saturated rings. The van der Waals surface area contributed by atoms with Crippen LogP contribution >= 0.6 is 0 Å². The van der Waals surface area contributed by atoms with E-state index < -0.39 is 11.7 Å². The van der Waals surface area contributed by atoms with Gasteiger partial charge < -0.3 is 19.1 Å². The van der Waals surface area contributed by atoms with E-state index in [1.54, 1.807) is 11.9 Å². The van der Waals surface area contributed by atoms with Gasteiger partial charge in [-0.3, -0.25) is 9.69 Å². The molecular weight excluding hydrogens is 520 g/mol. The zero-order chi connectivity index (χ0) is 30.1. The Hall–Kier alpha value is -4.02. The van der Waals surface area contributed by atoms with Crippen LogP contribution in [-0.4, -0.2) is 67.4 Å². The van der Waals surface area contributed by atoms with Gasteiger partial charge in [-0.05, 0) is 59.2 Å². The summed E-state index contributed by atoms with van der Waals surface area (Å²) in [6.45, 7) is 15.0. The van der Waals surface area contributed by atoms with Crippen LogP contribution in [0.15, 0.2) is 24.3 Å². The van der Waals surface area contributed by atoms with Crippen LogP contribution in [-0.2, 0) is 30.8 Å². The fourth-order valence-corrected chi connectivity index (χ4v) is 4.78. The summed E-state index contributed by atoms with van der Waals surface area (Å²) in [7, 11) is 3.62. The number of rotatable bonds is 6. The number of nitrogens with zero attached hydrogens (tertiary/aromatic N) is 8. The number of fused-ring (bicyclic) bond motifs is 2. The van der Waals surface area contributed by atoms with Crippen LogP contribution in [0.4, 0.5) is 16.4 Å². The topological polar surface area (TPSA) is 110 Å². The Kier molecular flexibility index (Phi) is 8.65. The van der Waals surface area contributed by atoms with Crippen molar-refractivity contribution < 1.29 is 14.3 Å². The van der Waals surface area contributed by atoms with Gasteiger partial charge in [0.15, 0.2) is 5.82 Å². The summed E-state index contributed by atoms with van der Waals surface area (Å²) in [5, 5.41) is 8.65. The Bertz CT molecular complexity index is 1430. The van der Waals surface area contributed by atoms with E-state index in [1.807, 2.05) is 70.8 Å². The molecule has 2 aliphatic rings. The van der Waals surface area contributed by atoms with Gasteiger partial charge in [-0.15, -0.1) is 10.2 Å². The van der Waals surface area contributed by atoms with E-state index >= 15 is 0 Å². The fourth-order valence-electron chi connectivity index (χ4n) is 4.78. The van der Waals surface area contributed by atoms with Gasteiger partial charge >= 0.3 is 6.09 Å². The molecule has 41 heavy (non-hydrogen) atoms. The molecule has 3 aromatic rings. The van der Waals surface area contributed by atoms with Gasteiger partial charge in [0, 0.05) is 38.7 Å². The molecule has 11 nitrogen and oxygen atoms in total. The second-order valence-electron chi connectivity index (χ2n) is 11.5. The van der Waals surface area contributed by atoms with Gasteiger partial charge in [0.05, 0.1) is 24.3 Å². The molecule has 2 aliphatic heterocycles. The Balaban J connectivity index is 0.00000189. The van der Waals surface area contributed by atoms with Crippen molar-refractivity contribution in [1.82, 2.24) is 29.6 Å². The monoisotopic (exact) mass is 562 g/mol. The number of carbonyl (C=O) groups excluding carboxylic acids is 2. The number of hydrogen-bond donors (Lipinski definition) is 0. The molecule has 0 spiro atoms. The largest absolute Gasteiger partial charge is 0.444 e. The van der Waals surface area contributed by atoms with E-state index in [9.17, 15) is 9.59 Å². The predicted molar refractivity (Wildman–Crippen MR) is 159 cm³/mol. The van der Waals surface area contributed by atoms with Crippen molar-refractivity contribution >= 4 is 23.6 Å². The molecule has 11 heteroatoms. The number of aryl methyl sites for hydroxylation is 1. The quantitative estimate of drug-likeness (QED) is 0.409. The first-order chi connectivity index (χ1) is 19.4. The van der Waals surface area contributed by atoms with Crippen molar-refractivity contribution in [2.75, 3.05) is 23.9 Å². The first kappa shape index (κ1) is 30.0. The molecule has 0 aromatic carbocycles. The zero-order valence-electron chi connectivity index (χ0n) is 25.7. The minimum Gasteiger partial charge on any atom is -0.444 e. The highest BCUT2D eigenvalue weighted by Crippen LogP contribution is 2.33. The molecule has 0 bridgehead atoms. The zero-order valence-corrected chi connectivity index (χ0v) is 25.7. The molecular formula is C30H42N8O3. The SMILES string of the molecule is CC.CC(C)N(C)c1cc2c(c(CN(C)C(=O)OC(C)(C)C)n1)CN(c1cccc(-c3nnc4n3CCC4)n1)C2=O. The lowest BCUT2D eigenvalue weighted by atomic mass is 10.1. The van der Waals surface area contributed by atoms with Crippen molar-refractivity contribution in [1.29, 1.82) is 0 Å². The normalized spacial score (nSPS) is 14.0. The van der Waals surface area contributed by atoms with Gasteiger partial charge in [0.2, 0.25) is 0 Å². The predicted octanol–water partition coefficient (Wildman–Crippen LogP) is 5.08. The van der Waals surface area contributed by atoms with Gasteiger partial charge in [-0.2, -0.15) is 0 Å². The van der Waals surface area contributed by atoms with Crippen LogP contribution in [0.2, 0.25) is 0 Å². The lowest BCUT2D eigenvalue weighted by Crippen LogP contribution is -2.34. The van der Waals surface area contributed by atoms with Crippen molar-refractivity contribution in [3.05, 3.63) is 46.9 Å². The van der Waals surface area contributed by atoms with Gasteiger partial charge in [0.25, 0.3) is 5.91 Å². The summed E-state index contributed by atoms with van der Waals surface area (Å²) >= 11 is 0. The molecule has 3 aromatic heterocycles. The van der Waals surface area contributed by atoms with Crippen LogP contribution < -0.4 is 9.80 Å². The van der Waals surface area contributed by atoms with Crippen molar-refractivity contribution in [3.8, 4) is 11.5 Å². The Morgan fingerprint density at radius 1 is 1.12 bits per heavy atom. The number of anilines is 2. The van der Waals surface area contributed by atoms with Crippen molar-refractivity contribution in [2.45, 2.75) is 92.6 Å². The highest BCUT2D eigenvalue weighted by atomic mass is 16.6. The molecule has 0 saturated carbocycles. The number of aromatic nitrogens is 5. The molecule has 0 saturated heterocycles. The summed E-state index contributed by atoms with van der Waals surface area (Å²) in [6.07, 6.45) is 1.50. The maximum absolute atomic E-state index is 13.8. The highest BCUT2D eigenvalue weighted by molar-refractivity contribution is 6.10. The molecule has 0 radical (unpaired) electrons. The van der Waals surface area contributed by atoms with E-state index in [2.05, 4.69) is 28.6 Å². The molecule has 0 atom stereocenters. The lowest BCUT2D eigenvalue weighted by molar-refractivity contribution is 0.0282. The minimum absolute atomic E-state index is 0.150. The fraction of sp³-hybridized carbons (Fsp3) is 0.533. The van der Waals surface area contributed by atoms with E-state index in [0.29, 0.717) is 35.1 Å². The summed E-state index contributed by atoms with van der Waals surface area (Å²) in [5.74, 6) is 2.74. The number of hydrogen-bond acceptors (Lipinski definition) is 8. The van der Waals surface area contributed by atoms with Gasteiger partial charge in [0.1, 0.15) is 28.8 Å². The summed E-state index contributed by atoms with van der Waals surface area (Å²) in [4.78, 5) is 41.4. The maximum Gasteiger partial charge on any atom is 0.410 e. The van der Waals surface area contributed by atoms with Crippen LogP contribution in [0.3, 0.4) is 0 Å². The molecule has 5 rings (SSSR count). The minimum atomic E-state index is -0.617. The second-order valence-corrected chi connectivity index (χ2v) is 11.5. The average Bonchev–Trinajstić information content (AvgIpc) is 3.64. The number of carbonyl (C=O) groups is 2. The molecule has 5 heterocycles. The second kappa shape index (κ2) is 11.8. The van der Waals surface area contributed by atoms with E-state index in [-0.39, 0.29) is 18.5 Å². The standard InChI is InChI=1S/C28H36N8O3.C2H6/c1-17(2)34(7)24-14-18-19(21(30-24)16-33(6)27(38)39-28(3,4)5)15-36(26(18)37)22-11-8-10-20(29-22)25-32-31-23-12-9-13-35(23)25;1-2/h8,10-11,14,17H,9,12-13,15-16H2,1-7H3;1-2H3. The van der Waals surface area contributed by atoms with Crippen molar-refractivity contribution in [3.63, 3.8) is 0 Å². The summed E-state index contributed by atoms with van der Waals surface area (Å²) in [5.41, 5.74) is 2.07. The van der Waals surface area contributed by atoms with Crippen LogP contribution in [0.25, 0.3) is 11.5 Å². The van der Waals surface area contributed by atoms with E-state index in [4.69, 9.17) is 14.7 Å². The third-order valence-corrected chi connectivity index (χ3v) is 7.07. The molecule has 220 valence electrons. The van der Waals surface area contributed by atoms with Crippen LogP contribution in [0, 0.1) is 0 Å². The first-order valence-electron chi connectivity index (χ1n) is 14.3. The first-order valence-corrected chi connectivity index (χ1v) is 14.3. The number of amides is 2. The molecule has 0 unspecified atom stereocenters. The van der Waals surface area contributed by atoms with Crippen LogP contribution in [0.5, 0.6) is 0 Å². The Labute approximate surface area is 242 Å². The molecule has 0 aliphatic carbocycles. The Morgan fingerprint density at radius 3 is 2.54 bits per heavy atom. The average molecular weight is 563 g/mol. The molecule has 2 amide bonds. The lowest BCUT2D eigenvalue weighted by Gasteiger charge is -2.26. The van der Waals surface area contributed by atoms with E-state index in [1.165, 1.54) is 4.90 Å². The smallest absolute Gasteiger partial charge is 0.410 e. The third kappa shape index (κ3) is 6.18. The molecule has 0 N–H and O–H groups in total. The highest BCUT2D eigenvalue weighted by Gasteiger charge is 2.34. The summed E-state index contributed by atoms with van der Waals surface area (Å²) < 4.78 is 7.64. The van der Waals surface area contributed by atoms with Gasteiger partial charge in [-0.25, -0.2) is 14.8 Å². The summed E-state index contributed by atoms with van der Waals surface area (Å²) in [6, 6.07) is 7.62. The maximum atomic E-state index is 13.8. The van der Waals surface area contributed by atoms with Crippen molar-refractivity contribution in [2.24, 2.45) is 0 Å². The number of ether oxygens (including phenoxy) is 1. The number of pyridine rings is 2.